The molecule has 0 radical (unpaired) electrons. The lowest BCUT2D eigenvalue weighted by molar-refractivity contribution is 0.332. The lowest BCUT2D eigenvalue weighted by atomic mass is 9.32. The molecule has 4 heteroatoms. The van der Waals surface area contributed by atoms with Gasteiger partial charge in [-0.25, -0.2) is 0 Å². The number of benzene rings is 8. The number of hydrogen-bond donors (Lipinski definition) is 0. The monoisotopic (exact) mass is 1090 g/mol. The smallest absolute Gasteiger partial charge is 0.252 e. The summed E-state index contributed by atoms with van der Waals surface area (Å²) in [5.41, 5.74) is 31.0. The second-order valence-corrected chi connectivity index (χ2v) is 31.8. The molecule has 0 aromatic heterocycles. The first-order valence-corrected chi connectivity index (χ1v) is 31.5. The highest BCUT2D eigenvalue weighted by molar-refractivity contribution is 7.00. The molecule has 0 atom stereocenters. The first kappa shape index (κ1) is 54.2. The van der Waals surface area contributed by atoms with E-state index in [0.29, 0.717) is 0 Å². The van der Waals surface area contributed by atoms with E-state index >= 15 is 0 Å². The zero-order valence-electron chi connectivity index (χ0n) is 53.1. The fourth-order valence-electron chi connectivity index (χ4n) is 16.6. The number of rotatable bonds is 5. The maximum Gasteiger partial charge on any atom is 0.252 e. The standard InChI is InChI=1S/C79H88BN3/c1-72(2,3)49-31-33-54-55-29-24-30-65(70(55)79(16,17)57(54)41-49)83-67-48-62-60(76(10,11)38-40-78(62,14)15)46-64(67)80-63-45-59-61(77(12,13)39-37-75(59,8)9)47-66(63)82(52-32-34-56-58(42-52)74(6,7)36-35-73(56,4)5)68-43-53(44-69(83)71(68)80)81(50-25-20-18-21-26-50)51-27-22-19-23-28-51/h18-34,41-48H,35-40H2,1-17H3. The molecule has 2 heterocycles. The van der Waals surface area contributed by atoms with Crippen LogP contribution in [0.15, 0.2) is 152 Å². The Kier molecular flexibility index (Phi) is 11.5. The lowest BCUT2D eigenvalue weighted by Crippen LogP contribution is -2.62. The third kappa shape index (κ3) is 8.02. The van der Waals surface area contributed by atoms with Crippen molar-refractivity contribution in [3.8, 4) is 11.1 Å². The van der Waals surface area contributed by atoms with Crippen LogP contribution in [0.5, 0.6) is 0 Å². The minimum Gasteiger partial charge on any atom is -0.311 e. The van der Waals surface area contributed by atoms with Crippen LogP contribution in [-0.4, -0.2) is 6.71 Å². The van der Waals surface area contributed by atoms with Gasteiger partial charge in [-0.2, -0.15) is 0 Å². The Balaban J connectivity index is 1.16. The van der Waals surface area contributed by atoms with Crippen molar-refractivity contribution in [2.45, 2.75) is 200 Å². The van der Waals surface area contributed by atoms with Gasteiger partial charge < -0.3 is 14.7 Å². The number of hydrogen-bond acceptors (Lipinski definition) is 3. The Labute approximate surface area is 498 Å². The molecule has 0 N–H and O–H groups in total. The molecule has 0 spiro atoms. The molecule has 4 aliphatic carbocycles. The van der Waals surface area contributed by atoms with Gasteiger partial charge in [0.15, 0.2) is 0 Å². The first-order chi connectivity index (χ1) is 39.0. The predicted molar refractivity (Wildman–Crippen MR) is 357 cm³/mol. The second kappa shape index (κ2) is 17.7. The van der Waals surface area contributed by atoms with Crippen molar-refractivity contribution in [2.24, 2.45) is 0 Å². The van der Waals surface area contributed by atoms with Gasteiger partial charge in [-0.05, 0) is 221 Å². The minimum atomic E-state index is -0.299. The summed E-state index contributed by atoms with van der Waals surface area (Å²) in [4.78, 5) is 8.08. The summed E-state index contributed by atoms with van der Waals surface area (Å²) in [6, 6.07) is 60.6. The lowest BCUT2D eigenvalue weighted by Gasteiger charge is -2.49. The van der Waals surface area contributed by atoms with E-state index in [1.165, 1.54) is 118 Å². The van der Waals surface area contributed by atoms with Gasteiger partial charge in [0.05, 0.1) is 11.4 Å². The van der Waals surface area contributed by atoms with E-state index in [2.05, 4.69) is 284 Å². The van der Waals surface area contributed by atoms with Crippen molar-refractivity contribution < 1.29 is 0 Å². The second-order valence-electron chi connectivity index (χ2n) is 31.8. The molecule has 2 aliphatic heterocycles. The average molecular weight is 1090 g/mol. The zero-order valence-corrected chi connectivity index (χ0v) is 53.1. The fourth-order valence-corrected chi connectivity index (χ4v) is 16.6. The highest BCUT2D eigenvalue weighted by Gasteiger charge is 2.51. The topological polar surface area (TPSA) is 9.72 Å². The van der Waals surface area contributed by atoms with Crippen molar-refractivity contribution in [3.63, 3.8) is 0 Å². The van der Waals surface area contributed by atoms with Gasteiger partial charge in [-0.3, -0.25) is 0 Å². The molecule has 8 aromatic carbocycles. The van der Waals surface area contributed by atoms with Crippen molar-refractivity contribution in [3.05, 3.63) is 202 Å². The number of anilines is 9. The molecule has 0 unspecified atom stereocenters. The van der Waals surface area contributed by atoms with E-state index in [1.807, 2.05) is 0 Å². The molecule has 422 valence electrons. The van der Waals surface area contributed by atoms with Gasteiger partial charge >= 0.3 is 0 Å². The highest BCUT2D eigenvalue weighted by Crippen LogP contribution is 2.59. The Morgan fingerprint density at radius 3 is 1.33 bits per heavy atom. The van der Waals surface area contributed by atoms with Crippen LogP contribution < -0.4 is 31.1 Å². The van der Waals surface area contributed by atoms with Crippen LogP contribution in [0.3, 0.4) is 0 Å². The Morgan fingerprint density at radius 2 is 0.819 bits per heavy atom. The molecule has 3 nitrogen and oxygen atoms in total. The summed E-state index contributed by atoms with van der Waals surface area (Å²) in [7, 11) is 0. The summed E-state index contributed by atoms with van der Waals surface area (Å²) < 4.78 is 0. The number of fused-ring (bicyclic) bond motifs is 10. The van der Waals surface area contributed by atoms with Crippen LogP contribution in [0.4, 0.5) is 51.2 Å². The van der Waals surface area contributed by atoms with Crippen LogP contribution in [0.25, 0.3) is 11.1 Å². The number of nitrogens with zero attached hydrogens (tertiary/aromatic N) is 3. The van der Waals surface area contributed by atoms with Crippen molar-refractivity contribution >= 4 is 74.3 Å². The van der Waals surface area contributed by atoms with Crippen molar-refractivity contribution in [1.29, 1.82) is 0 Å². The van der Waals surface area contributed by atoms with Crippen LogP contribution >= 0.6 is 0 Å². The van der Waals surface area contributed by atoms with E-state index in [-0.39, 0.29) is 50.0 Å². The molecule has 0 fully saturated rings. The van der Waals surface area contributed by atoms with Gasteiger partial charge in [0.1, 0.15) is 0 Å². The van der Waals surface area contributed by atoms with Crippen LogP contribution in [0.1, 0.15) is 206 Å². The van der Waals surface area contributed by atoms with Crippen LogP contribution in [0.2, 0.25) is 0 Å². The zero-order chi connectivity index (χ0) is 58.5. The van der Waals surface area contributed by atoms with Gasteiger partial charge in [0.25, 0.3) is 6.71 Å². The number of para-hydroxylation sites is 2. The van der Waals surface area contributed by atoms with Crippen LogP contribution in [0, 0.1) is 0 Å². The third-order valence-electron chi connectivity index (χ3n) is 22.1. The van der Waals surface area contributed by atoms with E-state index in [4.69, 9.17) is 0 Å². The van der Waals surface area contributed by atoms with E-state index < -0.39 is 0 Å². The van der Waals surface area contributed by atoms with E-state index in [1.54, 1.807) is 0 Å². The maximum atomic E-state index is 2.80. The molecule has 14 rings (SSSR count). The molecule has 6 aliphatic rings. The van der Waals surface area contributed by atoms with E-state index in [0.717, 1.165) is 49.2 Å². The Hall–Kier alpha value is -6.78. The molecular weight excluding hydrogens is 1000 g/mol. The molecule has 0 amide bonds. The molecular formula is C79H88BN3. The van der Waals surface area contributed by atoms with Gasteiger partial charge in [0, 0.05) is 45.2 Å². The summed E-state index contributed by atoms with van der Waals surface area (Å²) in [6.07, 6.45) is 6.94. The fraction of sp³-hybridized carbons (Fsp3) is 0.392. The average Bonchev–Trinajstić information content (AvgIpc) is 2.50. The first-order valence-electron chi connectivity index (χ1n) is 31.5. The van der Waals surface area contributed by atoms with Crippen LogP contribution in [-0.2, 0) is 43.3 Å². The van der Waals surface area contributed by atoms with E-state index in [9.17, 15) is 0 Å². The minimum absolute atomic E-state index is 0.000209. The summed E-state index contributed by atoms with van der Waals surface area (Å²) in [5.74, 6) is 0. The summed E-state index contributed by atoms with van der Waals surface area (Å²) >= 11 is 0. The van der Waals surface area contributed by atoms with Crippen molar-refractivity contribution in [1.82, 2.24) is 0 Å². The quantitative estimate of drug-likeness (QED) is 0.159. The van der Waals surface area contributed by atoms with Gasteiger partial charge in [-0.1, -0.05) is 203 Å². The van der Waals surface area contributed by atoms with Gasteiger partial charge in [-0.15, -0.1) is 0 Å². The predicted octanol–water partition coefficient (Wildman–Crippen LogP) is 19.9. The maximum absolute atomic E-state index is 2.80. The van der Waals surface area contributed by atoms with Gasteiger partial charge in [0.2, 0.25) is 0 Å². The SMILES string of the molecule is CC(C)(C)c1ccc2c(c1)C(C)(C)c1c-2cccc1N1c2cc3c(cc2B2c4cc5c(cc4N(c4ccc6c(c4)C(C)(C)CCC6(C)C)c4cc(N(c6ccccc6)c6ccccc6)cc1c42)C(C)(C)CCC5(C)C)C(C)(C)CCC3(C)C. The molecule has 0 saturated carbocycles. The summed E-state index contributed by atoms with van der Waals surface area (Å²) in [6.45, 7) is 42.1. The third-order valence-corrected chi connectivity index (χ3v) is 22.1. The molecule has 83 heavy (non-hydrogen) atoms. The highest BCUT2D eigenvalue weighted by atomic mass is 15.2. The largest absolute Gasteiger partial charge is 0.311 e. The molecule has 0 saturated heterocycles. The molecule has 0 bridgehead atoms. The summed E-state index contributed by atoms with van der Waals surface area (Å²) in [5, 5.41) is 0. The van der Waals surface area contributed by atoms with Crippen molar-refractivity contribution in [2.75, 3.05) is 14.7 Å². The molecule has 8 aromatic rings. The Morgan fingerprint density at radius 1 is 0.361 bits per heavy atom. The Bertz CT molecular complexity index is 3970. The normalized spacial score (nSPS) is 19.9.